The Morgan fingerprint density at radius 2 is 1.71 bits per heavy atom. The van der Waals surface area contributed by atoms with Crippen molar-refractivity contribution in [2.45, 2.75) is 63.7 Å². The number of benzene rings is 2. The van der Waals surface area contributed by atoms with Gasteiger partial charge in [0.1, 0.15) is 6.04 Å². The van der Waals surface area contributed by atoms with Gasteiger partial charge in [-0.1, -0.05) is 54.6 Å². The van der Waals surface area contributed by atoms with Crippen molar-refractivity contribution in [3.8, 4) is 0 Å². The van der Waals surface area contributed by atoms with E-state index >= 15 is 0 Å². The maximum absolute atomic E-state index is 13.2. The minimum atomic E-state index is -1.49. The van der Waals surface area contributed by atoms with E-state index in [1.807, 2.05) is 75.4 Å². The monoisotopic (exact) mass is 498 g/mol. The van der Waals surface area contributed by atoms with E-state index in [1.54, 1.807) is 6.92 Å². The van der Waals surface area contributed by atoms with Gasteiger partial charge in [-0.2, -0.15) is 0 Å². The number of carbonyl (C=O) groups excluding carboxylic acids is 3. The minimum Gasteiger partial charge on any atom is -0.381 e. The first-order chi connectivity index (χ1) is 16.6. The van der Waals surface area contributed by atoms with Crippen LogP contribution in [0.25, 0.3) is 0 Å². The van der Waals surface area contributed by atoms with Crippen LogP contribution in [-0.2, 0) is 22.7 Å². The number of nitrogens with zero attached hydrogens (tertiary/aromatic N) is 1. The summed E-state index contributed by atoms with van der Waals surface area (Å²) in [6.45, 7) is 8.04. The molecule has 4 N–H and O–H groups in total. The Kier molecular flexibility index (Phi) is 8.80. The van der Waals surface area contributed by atoms with Gasteiger partial charge in [-0.15, -0.1) is 11.8 Å². The van der Waals surface area contributed by atoms with Crippen LogP contribution in [0.4, 0.5) is 4.79 Å². The average Bonchev–Trinajstić information content (AvgIpc) is 3.16. The summed E-state index contributed by atoms with van der Waals surface area (Å²) in [5.74, 6) is -0.585. The van der Waals surface area contributed by atoms with Crippen molar-refractivity contribution in [2.24, 2.45) is 0 Å². The van der Waals surface area contributed by atoms with Crippen LogP contribution in [0, 0.1) is 6.92 Å². The lowest BCUT2D eigenvalue weighted by Gasteiger charge is -2.32. The maximum atomic E-state index is 13.2. The van der Waals surface area contributed by atoms with Crippen molar-refractivity contribution < 1.29 is 19.5 Å². The molecule has 2 unspecified atom stereocenters. The fourth-order valence-electron chi connectivity index (χ4n) is 4.00. The summed E-state index contributed by atoms with van der Waals surface area (Å²) < 4.78 is -0.533. The fourth-order valence-corrected chi connectivity index (χ4v) is 5.14. The summed E-state index contributed by atoms with van der Waals surface area (Å²) in [5, 5.41) is 19.0. The van der Waals surface area contributed by atoms with Crippen LogP contribution in [0.3, 0.4) is 0 Å². The first-order valence-electron chi connectivity index (χ1n) is 11.6. The molecule has 1 fully saturated rings. The summed E-state index contributed by atoms with van der Waals surface area (Å²) in [6, 6.07) is 15.1. The maximum Gasteiger partial charge on any atom is 0.315 e. The van der Waals surface area contributed by atoms with Crippen LogP contribution >= 0.6 is 11.8 Å². The molecule has 8 nitrogen and oxygen atoms in total. The summed E-state index contributed by atoms with van der Waals surface area (Å²) in [5.41, 5.74) is 3.01. The van der Waals surface area contributed by atoms with Crippen molar-refractivity contribution in [3.05, 3.63) is 71.3 Å². The van der Waals surface area contributed by atoms with E-state index in [0.717, 1.165) is 16.7 Å². The molecule has 1 aliphatic rings. The highest BCUT2D eigenvalue weighted by molar-refractivity contribution is 8.00. The Morgan fingerprint density at radius 1 is 1.06 bits per heavy atom. The predicted octanol–water partition coefficient (Wildman–Crippen LogP) is 2.54. The Hall–Kier alpha value is -3.04. The van der Waals surface area contributed by atoms with Gasteiger partial charge in [0.2, 0.25) is 5.91 Å². The van der Waals surface area contributed by atoms with Gasteiger partial charge in [0.05, 0.1) is 11.9 Å². The zero-order chi connectivity index (χ0) is 25.6. The molecule has 1 heterocycles. The highest BCUT2D eigenvalue weighted by Crippen LogP contribution is 2.39. The van der Waals surface area contributed by atoms with E-state index in [1.165, 1.54) is 16.7 Å². The molecule has 0 aromatic heterocycles. The molecule has 4 amide bonds. The topological polar surface area (TPSA) is 111 Å². The van der Waals surface area contributed by atoms with Crippen LogP contribution in [0.1, 0.15) is 37.5 Å². The number of aliphatic hydroxyl groups excluding tert-OH is 1. The van der Waals surface area contributed by atoms with Crippen LogP contribution in [-0.4, -0.2) is 56.7 Å². The molecule has 3 atom stereocenters. The lowest BCUT2D eigenvalue weighted by atomic mass is 9.99. The molecule has 3 rings (SSSR count). The van der Waals surface area contributed by atoms with Gasteiger partial charge in [0, 0.05) is 17.8 Å². The molecular weight excluding hydrogens is 464 g/mol. The number of amides is 4. The molecule has 0 aliphatic carbocycles. The van der Waals surface area contributed by atoms with E-state index in [4.69, 9.17) is 0 Å². The minimum absolute atomic E-state index is 0.273. The van der Waals surface area contributed by atoms with Crippen molar-refractivity contribution in [2.75, 3.05) is 5.88 Å². The molecule has 9 heteroatoms. The van der Waals surface area contributed by atoms with E-state index in [9.17, 15) is 19.5 Å². The highest BCUT2D eigenvalue weighted by atomic mass is 32.2. The van der Waals surface area contributed by atoms with Crippen molar-refractivity contribution >= 4 is 29.6 Å². The molecule has 2 aromatic rings. The van der Waals surface area contributed by atoms with Gasteiger partial charge in [-0.05, 0) is 44.4 Å². The van der Waals surface area contributed by atoms with Crippen molar-refractivity contribution in [1.29, 1.82) is 0 Å². The lowest BCUT2D eigenvalue weighted by molar-refractivity contribution is -0.147. The number of aryl methyl sites for hydroxylation is 1. The SMILES string of the molecule is Cc1ccccc1CNC(=O)[C@H]1N(C(=O)C(O)C(C)NC(=O)NCc2ccccc2)CSC1(C)C. The number of carbonyl (C=O) groups is 3. The van der Waals surface area contributed by atoms with Gasteiger partial charge in [-0.25, -0.2) is 4.79 Å². The van der Waals surface area contributed by atoms with E-state index < -0.39 is 34.9 Å². The number of hydrogen-bond donors (Lipinski definition) is 4. The molecule has 0 bridgehead atoms. The zero-order valence-electron chi connectivity index (χ0n) is 20.6. The predicted molar refractivity (Wildman–Crippen MR) is 137 cm³/mol. The second-order valence-corrected chi connectivity index (χ2v) is 10.9. The van der Waals surface area contributed by atoms with Gasteiger partial charge in [0.15, 0.2) is 6.10 Å². The fraction of sp³-hybridized carbons (Fsp3) is 0.423. The van der Waals surface area contributed by atoms with Crippen LogP contribution in [0.2, 0.25) is 0 Å². The summed E-state index contributed by atoms with van der Waals surface area (Å²) >= 11 is 1.48. The van der Waals surface area contributed by atoms with Crippen molar-refractivity contribution in [1.82, 2.24) is 20.9 Å². The Bertz CT molecular complexity index is 1050. The van der Waals surface area contributed by atoms with Gasteiger partial charge >= 0.3 is 6.03 Å². The Labute approximate surface area is 210 Å². The molecule has 1 aliphatic heterocycles. The molecule has 0 radical (unpaired) electrons. The highest BCUT2D eigenvalue weighted by Gasteiger charge is 2.49. The molecule has 0 spiro atoms. The van der Waals surface area contributed by atoms with Gasteiger partial charge < -0.3 is 26.0 Å². The average molecular weight is 499 g/mol. The molecule has 188 valence electrons. The Morgan fingerprint density at radius 3 is 2.40 bits per heavy atom. The third kappa shape index (κ3) is 6.76. The summed E-state index contributed by atoms with van der Waals surface area (Å²) in [6.07, 6.45) is -1.49. The van der Waals surface area contributed by atoms with Crippen LogP contribution in [0.15, 0.2) is 54.6 Å². The van der Waals surface area contributed by atoms with Gasteiger partial charge in [0.25, 0.3) is 5.91 Å². The zero-order valence-corrected chi connectivity index (χ0v) is 21.4. The number of rotatable bonds is 8. The molecule has 0 saturated carbocycles. The Balaban J connectivity index is 1.59. The number of thioether (sulfide) groups is 1. The number of hydrogen-bond acceptors (Lipinski definition) is 5. The first kappa shape index (κ1) is 26.6. The van der Waals surface area contributed by atoms with E-state index in [2.05, 4.69) is 16.0 Å². The second kappa shape index (κ2) is 11.6. The normalized spacial score (nSPS) is 18.4. The van der Waals surface area contributed by atoms with Gasteiger partial charge in [-0.3, -0.25) is 9.59 Å². The summed E-state index contributed by atoms with van der Waals surface area (Å²) in [7, 11) is 0. The van der Waals surface area contributed by atoms with Crippen molar-refractivity contribution in [3.63, 3.8) is 0 Å². The third-order valence-electron chi connectivity index (χ3n) is 6.17. The molecular formula is C26H34N4O4S. The standard InChI is InChI=1S/C26H34N4O4S/c1-17-10-8-9-13-20(17)15-27-23(32)22-26(3,4)35-16-30(22)24(33)21(31)18(2)29-25(34)28-14-19-11-6-5-7-12-19/h5-13,18,21-22,31H,14-16H2,1-4H3,(H,27,32)(H2,28,29,34)/t18?,21?,22-/m1/s1. The molecule has 1 saturated heterocycles. The van der Waals surface area contributed by atoms with Crippen LogP contribution < -0.4 is 16.0 Å². The molecule has 35 heavy (non-hydrogen) atoms. The molecule has 2 aromatic carbocycles. The summed E-state index contributed by atoms with van der Waals surface area (Å²) in [4.78, 5) is 40.0. The van der Waals surface area contributed by atoms with Crippen LogP contribution in [0.5, 0.6) is 0 Å². The number of urea groups is 1. The second-order valence-electron chi connectivity index (χ2n) is 9.28. The lowest BCUT2D eigenvalue weighted by Crippen LogP contribution is -2.58. The third-order valence-corrected chi connectivity index (χ3v) is 7.55. The smallest absolute Gasteiger partial charge is 0.315 e. The number of nitrogens with one attached hydrogen (secondary N) is 3. The number of aliphatic hydroxyl groups is 1. The largest absolute Gasteiger partial charge is 0.381 e. The van der Waals surface area contributed by atoms with E-state index in [-0.39, 0.29) is 11.8 Å². The van der Waals surface area contributed by atoms with E-state index in [0.29, 0.717) is 13.1 Å². The quantitative estimate of drug-likeness (QED) is 0.447. The first-order valence-corrected chi connectivity index (χ1v) is 12.6.